The Morgan fingerprint density at radius 1 is 1.44 bits per heavy atom. The Kier molecular flexibility index (Phi) is 3.60. The van der Waals surface area contributed by atoms with Crippen molar-refractivity contribution < 1.29 is 29.1 Å². The lowest BCUT2D eigenvalue weighted by Gasteiger charge is -2.11. The quantitative estimate of drug-likeness (QED) is 0.475. The summed E-state index contributed by atoms with van der Waals surface area (Å²) in [6.45, 7) is 0.867. The van der Waals surface area contributed by atoms with Gasteiger partial charge in [0.1, 0.15) is 11.7 Å². The van der Waals surface area contributed by atoms with Crippen molar-refractivity contribution in [3.8, 4) is 5.75 Å². The first-order chi connectivity index (χ1) is 8.27. The number of ketones is 1. The highest BCUT2D eigenvalue weighted by Crippen LogP contribution is 2.34. The second-order valence-electron chi connectivity index (χ2n) is 3.47. The van der Waals surface area contributed by atoms with E-state index in [9.17, 15) is 24.1 Å². The molecule has 1 aromatic rings. The molecule has 0 aliphatic heterocycles. The minimum Gasteiger partial charge on any atom is -0.505 e. The van der Waals surface area contributed by atoms with Gasteiger partial charge >= 0.3 is 5.97 Å². The van der Waals surface area contributed by atoms with Crippen LogP contribution in [0.15, 0.2) is 12.1 Å². The van der Waals surface area contributed by atoms with Crippen molar-refractivity contribution in [2.24, 2.45) is 0 Å². The number of carboxylic acid groups (broad SMARTS) is 1. The number of phenolic OH excluding ortho intramolecular Hbond substituents is 1. The molecule has 8 heteroatoms. The van der Waals surface area contributed by atoms with Gasteiger partial charge in [0, 0.05) is 6.07 Å². The molecule has 0 aliphatic rings. The van der Waals surface area contributed by atoms with Gasteiger partial charge in [-0.15, -0.1) is 0 Å². The third kappa shape index (κ3) is 2.26. The number of Topliss-reactive ketones (excluding diaryl/α,β-unsaturated/α-hetero) is 1. The maximum absolute atomic E-state index is 13.6. The van der Waals surface area contributed by atoms with Gasteiger partial charge in [-0.2, -0.15) is 0 Å². The molecule has 0 aromatic heterocycles. The predicted molar refractivity (Wildman–Crippen MR) is 55.8 cm³/mol. The van der Waals surface area contributed by atoms with Crippen LogP contribution >= 0.6 is 0 Å². The highest BCUT2D eigenvalue weighted by atomic mass is 19.1. The fourth-order valence-corrected chi connectivity index (χ4v) is 1.51. The van der Waals surface area contributed by atoms with Crippen molar-refractivity contribution >= 4 is 17.4 Å². The van der Waals surface area contributed by atoms with Crippen molar-refractivity contribution in [3.05, 3.63) is 33.6 Å². The molecule has 18 heavy (non-hydrogen) atoms. The highest BCUT2D eigenvalue weighted by molar-refractivity contribution is 6.03. The van der Waals surface area contributed by atoms with Gasteiger partial charge in [0.25, 0.3) is 5.69 Å². The van der Waals surface area contributed by atoms with Gasteiger partial charge in [0.2, 0.25) is 0 Å². The van der Waals surface area contributed by atoms with E-state index in [4.69, 9.17) is 10.2 Å². The van der Waals surface area contributed by atoms with E-state index in [-0.39, 0.29) is 0 Å². The number of carbonyl (C=O) groups is 2. The SMILES string of the molecule is CC(=O)C(C(=O)O)c1c([N+](=O)[O-])ccc(O)c1F. The second kappa shape index (κ2) is 4.78. The Morgan fingerprint density at radius 2 is 2.00 bits per heavy atom. The van der Waals surface area contributed by atoms with Gasteiger partial charge < -0.3 is 10.2 Å². The predicted octanol–water partition coefficient (Wildman–Crippen LogP) is 1.20. The van der Waals surface area contributed by atoms with E-state index in [0.717, 1.165) is 19.1 Å². The van der Waals surface area contributed by atoms with E-state index in [2.05, 4.69) is 0 Å². The number of aliphatic carboxylic acids is 1. The third-order valence-electron chi connectivity index (χ3n) is 2.28. The molecule has 96 valence electrons. The summed E-state index contributed by atoms with van der Waals surface area (Å²) in [6, 6.07) is 1.46. The standard InChI is InChI=1S/C10H8FNO6/c1-4(13)7(10(15)16)8-5(12(17)18)2-3-6(14)9(8)11/h2-3,7,14H,1H3,(H,15,16). The van der Waals surface area contributed by atoms with Crippen molar-refractivity contribution in [1.29, 1.82) is 0 Å². The number of benzene rings is 1. The number of carbonyl (C=O) groups excluding carboxylic acids is 1. The summed E-state index contributed by atoms with van der Waals surface area (Å²) in [4.78, 5) is 31.7. The summed E-state index contributed by atoms with van der Waals surface area (Å²) in [5, 5.41) is 28.6. The molecule has 0 bridgehead atoms. The molecule has 0 radical (unpaired) electrons. The number of nitro groups is 1. The summed E-state index contributed by atoms with van der Waals surface area (Å²) >= 11 is 0. The van der Waals surface area contributed by atoms with Crippen LogP contribution in [0.4, 0.5) is 10.1 Å². The number of halogens is 1. The number of phenols is 1. The molecule has 0 saturated heterocycles. The summed E-state index contributed by atoms with van der Waals surface area (Å²) < 4.78 is 13.6. The van der Waals surface area contributed by atoms with Gasteiger partial charge in [-0.05, 0) is 13.0 Å². The summed E-state index contributed by atoms with van der Waals surface area (Å²) in [6.07, 6.45) is 0. The zero-order chi connectivity index (χ0) is 14.0. The van der Waals surface area contributed by atoms with E-state index in [0.29, 0.717) is 0 Å². The lowest BCUT2D eigenvalue weighted by Crippen LogP contribution is -2.21. The number of hydrogen-bond acceptors (Lipinski definition) is 5. The molecule has 0 spiro atoms. The number of carboxylic acids is 1. The van der Waals surface area contributed by atoms with Crippen LogP contribution in [0.5, 0.6) is 5.75 Å². The average Bonchev–Trinajstić information content (AvgIpc) is 2.23. The molecule has 7 nitrogen and oxygen atoms in total. The topological polar surface area (TPSA) is 118 Å². The van der Waals surface area contributed by atoms with Crippen LogP contribution in [0, 0.1) is 15.9 Å². The van der Waals surface area contributed by atoms with E-state index >= 15 is 0 Å². The van der Waals surface area contributed by atoms with Crippen LogP contribution in [0.3, 0.4) is 0 Å². The zero-order valence-corrected chi connectivity index (χ0v) is 9.08. The van der Waals surface area contributed by atoms with Crippen molar-refractivity contribution in [1.82, 2.24) is 0 Å². The molecule has 1 unspecified atom stereocenters. The van der Waals surface area contributed by atoms with E-state index in [1.807, 2.05) is 0 Å². The van der Waals surface area contributed by atoms with Crippen molar-refractivity contribution in [3.63, 3.8) is 0 Å². The van der Waals surface area contributed by atoms with Gasteiger partial charge in [-0.3, -0.25) is 19.7 Å². The summed E-state index contributed by atoms with van der Waals surface area (Å²) in [5.41, 5.74) is -1.81. The summed E-state index contributed by atoms with van der Waals surface area (Å²) in [5.74, 6) is -7.17. The maximum atomic E-state index is 13.6. The fourth-order valence-electron chi connectivity index (χ4n) is 1.51. The molecule has 0 aliphatic carbocycles. The van der Waals surface area contributed by atoms with E-state index in [1.165, 1.54) is 0 Å². The first-order valence-corrected chi connectivity index (χ1v) is 4.66. The lowest BCUT2D eigenvalue weighted by molar-refractivity contribution is -0.385. The number of nitrogens with zero attached hydrogens (tertiary/aromatic N) is 1. The van der Waals surface area contributed by atoms with Crippen LogP contribution in [-0.2, 0) is 9.59 Å². The van der Waals surface area contributed by atoms with Gasteiger partial charge in [-0.1, -0.05) is 0 Å². The largest absolute Gasteiger partial charge is 0.505 e. The Balaban J connectivity index is 3.63. The molecular formula is C10H8FNO6. The van der Waals surface area contributed by atoms with E-state index in [1.54, 1.807) is 0 Å². The molecule has 0 fully saturated rings. The Morgan fingerprint density at radius 3 is 2.39 bits per heavy atom. The first-order valence-electron chi connectivity index (χ1n) is 4.66. The minimum absolute atomic E-state index is 0.718. The third-order valence-corrected chi connectivity index (χ3v) is 2.28. The van der Waals surface area contributed by atoms with Crippen molar-refractivity contribution in [2.45, 2.75) is 12.8 Å². The zero-order valence-electron chi connectivity index (χ0n) is 9.08. The molecule has 0 heterocycles. The Hall–Kier alpha value is -2.51. The van der Waals surface area contributed by atoms with Crippen LogP contribution in [0.1, 0.15) is 18.4 Å². The number of hydrogen-bond donors (Lipinski definition) is 2. The van der Waals surface area contributed by atoms with Crippen LogP contribution in [0.2, 0.25) is 0 Å². The number of aromatic hydroxyl groups is 1. The van der Waals surface area contributed by atoms with Crippen LogP contribution in [-0.4, -0.2) is 26.9 Å². The summed E-state index contributed by atoms with van der Waals surface area (Å²) in [7, 11) is 0. The van der Waals surface area contributed by atoms with Gasteiger partial charge in [0.15, 0.2) is 11.6 Å². The number of nitro benzene ring substituents is 1. The molecule has 1 atom stereocenters. The van der Waals surface area contributed by atoms with Gasteiger partial charge in [-0.25, -0.2) is 4.39 Å². The van der Waals surface area contributed by atoms with Crippen molar-refractivity contribution in [2.75, 3.05) is 0 Å². The molecular weight excluding hydrogens is 249 g/mol. The molecule has 0 amide bonds. The minimum atomic E-state index is -2.03. The van der Waals surface area contributed by atoms with E-state index < -0.39 is 45.4 Å². The smallest absolute Gasteiger partial charge is 0.318 e. The first kappa shape index (κ1) is 13.6. The normalized spacial score (nSPS) is 11.9. The average molecular weight is 257 g/mol. The Bertz CT molecular complexity index is 527. The molecule has 1 aromatic carbocycles. The maximum Gasteiger partial charge on any atom is 0.318 e. The van der Waals surface area contributed by atoms with Gasteiger partial charge in [0.05, 0.1) is 10.5 Å². The molecule has 1 rings (SSSR count). The molecule has 2 N–H and O–H groups in total. The van der Waals surface area contributed by atoms with Crippen LogP contribution in [0.25, 0.3) is 0 Å². The monoisotopic (exact) mass is 257 g/mol. The molecule has 0 saturated carbocycles. The fraction of sp³-hybridized carbons (Fsp3) is 0.200. The highest BCUT2D eigenvalue weighted by Gasteiger charge is 2.36. The Labute approximate surface area is 99.6 Å². The number of rotatable bonds is 4. The lowest BCUT2D eigenvalue weighted by atomic mass is 9.93. The van der Waals surface area contributed by atoms with Crippen LogP contribution < -0.4 is 0 Å². The second-order valence-corrected chi connectivity index (χ2v) is 3.47.